The van der Waals surface area contributed by atoms with Gasteiger partial charge in [-0.1, -0.05) is 200 Å². The van der Waals surface area contributed by atoms with Gasteiger partial charge >= 0.3 is 0 Å². The van der Waals surface area contributed by atoms with E-state index in [0.717, 1.165) is 78.6 Å². The van der Waals surface area contributed by atoms with E-state index in [4.69, 9.17) is 9.97 Å². The van der Waals surface area contributed by atoms with Gasteiger partial charge in [0.25, 0.3) is 0 Å². The second-order valence-corrected chi connectivity index (χ2v) is 27.1. The maximum Gasteiger partial charge on any atom is 0.0787 e. The zero-order chi connectivity index (χ0) is 65.0. The molecule has 0 spiro atoms. The van der Waals surface area contributed by atoms with Gasteiger partial charge in [-0.2, -0.15) is 0 Å². The van der Waals surface area contributed by atoms with E-state index in [2.05, 4.69) is 334 Å². The summed E-state index contributed by atoms with van der Waals surface area (Å²) in [7, 11) is 0. The van der Waals surface area contributed by atoms with E-state index in [9.17, 15) is 0 Å². The van der Waals surface area contributed by atoms with Crippen molar-refractivity contribution in [3.05, 3.63) is 328 Å². The second kappa shape index (κ2) is 20.1. The summed E-state index contributed by atoms with van der Waals surface area (Å²) in [6.45, 7) is 0. The summed E-state index contributed by atoms with van der Waals surface area (Å²) in [5.41, 5.74) is 30.2. The van der Waals surface area contributed by atoms with Gasteiger partial charge in [0.05, 0.1) is 66.9 Å². The van der Waals surface area contributed by atoms with Crippen LogP contribution >= 0.6 is 0 Å². The van der Waals surface area contributed by atoms with E-state index in [-0.39, 0.29) is 0 Å². The Hall–Kier alpha value is -13.4. The molecule has 0 fully saturated rings. The molecule has 21 aromatic rings. The molecule has 0 atom stereocenters. The Morgan fingerprint density at radius 2 is 0.650 bits per heavy atom. The third-order valence-electron chi connectivity index (χ3n) is 22.1. The summed E-state index contributed by atoms with van der Waals surface area (Å²) in [5.74, 6) is 0. The number of pyridine rings is 2. The summed E-state index contributed by atoms with van der Waals surface area (Å²) in [4.78, 5) is 10.3. The summed E-state index contributed by atoms with van der Waals surface area (Å²) >= 11 is 0. The molecule has 6 heterocycles. The van der Waals surface area contributed by atoms with Crippen LogP contribution in [0.15, 0.2) is 328 Å². The van der Waals surface area contributed by atoms with Crippen LogP contribution in [0.1, 0.15) is 0 Å². The molecule has 2 aliphatic rings. The van der Waals surface area contributed by atoms with E-state index >= 15 is 0 Å². The van der Waals surface area contributed by atoms with Crippen LogP contribution in [0.4, 0.5) is 0 Å². The van der Waals surface area contributed by atoms with Crippen LogP contribution < -0.4 is 0 Å². The smallest absolute Gasteiger partial charge is 0.0787 e. The normalized spacial score (nSPS) is 12.4. The van der Waals surface area contributed by atoms with Crippen molar-refractivity contribution in [2.45, 2.75) is 0 Å². The molecule has 460 valence electrons. The lowest BCUT2D eigenvalue weighted by molar-refractivity contribution is 1.18. The first-order chi connectivity index (χ1) is 49.6. The van der Waals surface area contributed by atoms with Crippen molar-refractivity contribution in [3.63, 3.8) is 0 Å². The number of nitrogens with zero attached hydrogens (tertiary/aromatic N) is 6. The minimum absolute atomic E-state index is 1.02. The molecule has 0 N–H and O–H groups in total. The van der Waals surface area contributed by atoms with Gasteiger partial charge in [0.1, 0.15) is 0 Å². The highest BCUT2D eigenvalue weighted by Crippen LogP contribution is 2.52. The molecule has 0 saturated carbocycles. The lowest BCUT2D eigenvalue weighted by Crippen LogP contribution is -1.96. The van der Waals surface area contributed by atoms with Crippen LogP contribution in [0.5, 0.6) is 0 Å². The molecule has 0 aliphatic heterocycles. The van der Waals surface area contributed by atoms with Gasteiger partial charge < -0.3 is 18.3 Å². The number of hydrogen-bond acceptors (Lipinski definition) is 2. The molecule has 0 radical (unpaired) electrons. The summed E-state index contributed by atoms with van der Waals surface area (Å²) in [6.07, 6.45) is 4.00. The molecule has 6 aromatic heterocycles. The minimum Gasteiger partial charge on any atom is -0.309 e. The quantitative estimate of drug-likeness (QED) is 0.160. The van der Waals surface area contributed by atoms with E-state index < -0.39 is 0 Å². The molecular weight excluding hydrogens is 1210 g/mol. The van der Waals surface area contributed by atoms with Crippen LogP contribution in [0.25, 0.3) is 220 Å². The molecule has 0 amide bonds. The fourth-order valence-corrected chi connectivity index (χ4v) is 17.8. The molecule has 0 bridgehead atoms. The standard InChI is InChI=1S/C94H54N6/c1-3-17-62(18-4-1)97-85-41-33-58(60-32-37-67-65-22-9-11-29-81(65)100(89(67)53-60)84-45-39-68-70-28-15-47-95-92(70)74-26-13-25-73(84)90(68)74)50-78(85)79-51-59(36-42-86(79)97)61-52-80-69-40-46-83(72-24-14-27-75(91(69)72)93(80)96-54-61)99-82-30-12-10-23-66(82)76-48-56(35-44-88(76)99)57-34-43-87-77(49-57)71-38-31-55-16-7-8-21-64(55)94(71)98(87)63-19-5-2-6-20-63/h1-54H. The molecule has 0 saturated heterocycles. The van der Waals surface area contributed by atoms with Gasteiger partial charge in [0.2, 0.25) is 0 Å². The Labute approximate surface area is 573 Å². The highest BCUT2D eigenvalue weighted by atomic mass is 15.0. The molecule has 2 aliphatic carbocycles. The van der Waals surface area contributed by atoms with Gasteiger partial charge in [0.15, 0.2) is 0 Å². The third-order valence-corrected chi connectivity index (χ3v) is 22.1. The Morgan fingerprint density at radius 3 is 1.30 bits per heavy atom. The number of fused-ring (bicyclic) bond motifs is 20. The second-order valence-electron chi connectivity index (χ2n) is 27.1. The van der Waals surface area contributed by atoms with Gasteiger partial charge in [-0.05, 0) is 160 Å². The van der Waals surface area contributed by atoms with Gasteiger partial charge in [0, 0.05) is 122 Å². The number of aromatic nitrogens is 6. The minimum atomic E-state index is 1.02. The highest BCUT2D eigenvalue weighted by Gasteiger charge is 2.29. The summed E-state index contributed by atoms with van der Waals surface area (Å²) < 4.78 is 9.83. The molecule has 0 unspecified atom stereocenters. The predicted octanol–water partition coefficient (Wildman–Crippen LogP) is 24.6. The van der Waals surface area contributed by atoms with Crippen LogP contribution in [-0.4, -0.2) is 28.2 Å². The van der Waals surface area contributed by atoms with Crippen molar-refractivity contribution in [2.24, 2.45) is 0 Å². The fraction of sp³-hybridized carbons (Fsp3) is 0. The molecule has 23 rings (SSSR count). The first-order valence-electron chi connectivity index (χ1n) is 34.4. The summed E-state index contributed by atoms with van der Waals surface area (Å²) in [5, 5.41) is 17.2. The van der Waals surface area contributed by atoms with Crippen molar-refractivity contribution in [2.75, 3.05) is 0 Å². The maximum absolute atomic E-state index is 5.41. The molecule has 15 aromatic carbocycles. The van der Waals surface area contributed by atoms with Crippen molar-refractivity contribution in [1.82, 2.24) is 28.2 Å². The van der Waals surface area contributed by atoms with E-state index in [1.54, 1.807) is 0 Å². The average Bonchev–Trinajstić information content (AvgIpc) is 1.57. The van der Waals surface area contributed by atoms with Crippen molar-refractivity contribution < 1.29 is 0 Å². The lowest BCUT2D eigenvalue weighted by Gasteiger charge is -2.14. The van der Waals surface area contributed by atoms with Crippen LogP contribution in [0, 0.1) is 0 Å². The van der Waals surface area contributed by atoms with Crippen molar-refractivity contribution >= 4 is 120 Å². The number of para-hydroxylation sites is 4. The number of hydrogen-bond donors (Lipinski definition) is 0. The van der Waals surface area contributed by atoms with Gasteiger partial charge in [-0.3, -0.25) is 9.97 Å². The largest absolute Gasteiger partial charge is 0.309 e. The topological polar surface area (TPSA) is 45.5 Å². The fourth-order valence-electron chi connectivity index (χ4n) is 17.8. The Balaban J connectivity index is 0.634. The first kappa shape index (κ1) is 53.8. The zero-order valence-electron chi connectivity index (χ0n) is 53.9. The number of benzene rings is 15. The molecule has 6 heteroatoms. The van der Waals surface area contributed by atoms with Crippen LogP contribution in [0.2, 0.25) is 0 Å². The maximum atomic E-state index is 5.41. The predicted molar refractivity (Wildman–Crippen MR) is 417 cm³/mol. The van der Waals surface area contributed by atoms with E-state index in [1.807, 2.05) is 12.3 Å². The van der Waals surface area contributed by atoms with Gasteiger partial charge in [-0.15, -0.1) is 0 Å². The Bertz CT molecular complexity index is 7170. The zero-order valence-corrected chi connectivity index (χ0v) is 53.9. The SMILES string of the molecule is c1ccc(-n2c3ccc(-c4cnc5c(c4)-c4ccc(-n6c7ccccc7c7cc(-c8ccc9c(c8)c8ccc%10ccccc%10c8n9-c8ccccc8)ccc76)c6cccc-5c46)cc3c3cc(-c4ccc5c6ccccc6n(-c6ccc7c8c(cccc68)-c6ncccc6-7)c5c4)ccc32)cc1. The van der Waals surface area contributed by atoms with Gasteiger partial charge in [-0.25, -0.2) is 0 Å². The van der Waals surface area contributed by atoms with Crippen molar-refractivity contribution in [1.29, 1.82) is 0 Å². The molecular formula is C94H54N6. The van der Waals surface area contributed by atoms with E-state index in [0.29, 0.717) is 0 Å². The Morgan fingerprint density at radius 1 is 0.210 bits per heavy atom. The Kier molecular flexibility index (Phi) is 10.8. The summed E-state index contributed by atoms with van der Waals surface area (Å²) in [6, 6.07) is 117. The van der Waals surface area contributed by atoms with Crippen LogP contribution in [0.3, 0.4) is 0 Å². The first-order valence-corrected chi connectivity index (χ1v) is 34.4. The van der Waals surface area contributed by atoms with E-state index in [1.165, 1.54) is 142 Å². The average molecular weight is 1270 g/mol. The highest BCUT2D eigenvalue weighted by molar-refractivity contribution is 6.23. The van der Waals surface area contributed by atoms with Crippen LogP contribution in [-0.2, 0) is 0 Å². The molecule has 100 heavy (non-hydrogen) atoms. The molecule has 6 nitrogen and oxygen atoms in total. The number of rotatable bonds is 7. The third kappa shape index (κ3) is 7.35. The monoisotopic (exact) mass is 1270 g/mol. The lowest BCUT2D eigenvalue weighted by atomic mass is 9.98. The van der Waals surface area contributed by atoms with Crippen molar-refractivity contribution in [3.8, 4) is 101 Å².